The fraction of sp³-hybridized carbons (Fsp3) is 1.00. The van der Waals surface area contributed by atoms with Crippen molar-refractivity contribution in [2.24, 2.45) is 0 Å². The monoisotopic (exact) mass is 777 g/mol. The van der Waals surface area contributed by atoms with Gasteiger partial charge >= 0.3 is 8.56 Å². The third-order valence-electron chi connectivity index (χ3n) is 6.64. The Labute approximate surface area is 307 Å². The highest BCUT2D eigenvalue weighted by atomic mass is 28.5. The molecule has 1 unspecified atom stereocenters. The number of hydrogen-bond donors (Lipinski definition) is 1. The Morgan fingerprint density at radius 3 is 0.960 bits per heavy atom. The molecule has 0 saturated carbocycles. The molecule has 0 heterocycles. The van der Waals surface area contributed by atoms with Crippen LogP contribution in [-0.2, 0) is 60.3 Å². The molecule has 0 fully saturated rings. The van der Waals surface area contributed by atoms with Crippen LogP contribution in [0.25, 0.3) is 0 Å². The van der Waals surface area contributed by atoms with Crippen molar-refractivity contribution in [1.29, 1.82) is 0 Å². The summed E-state index contributed by atoms with van der Waals surface area (Å²) < 4.78 is 73.3. The summed E-state index contributed by atoms with van der Waals surface area (Å²) in [6.07, 6.45) is 2.11. The van der Waals surface area contributed by atoms with Crippen LogP contribution in [0, 0.1) is 0 Å². The van der Waals surface area contributed by atoms with E-state index in [4.69, 9.17) is 65.4 Å². The van der Waals surface area contributed by atoms with Crippen molar-refractivity contribution in [2.75, 3.05) is 152 Å². The lowest BCUT2D eigenvalue weighted by Gasteiger charge is -2.37. The van der Waals surface area contributed by atoms with Gasteiger partial charge < -0.3 is 65.4 Å². The standard InChI is InChI=1S/C33H73O14Si3/c1-7-32-49(4,5)47-50(6,46-48(2)3)33-8-10-35-12-14-37-16-18-39-20-22-41-24-26-43-28-30-45-31-29-44-27-25-42-23-21-40-19-17-38-15-13-36-11-9-34/h34H,7-33H2,1-6H3. The van der Waals surface area contributed by atoms with E-state index in [1.807, 2.05) is 0 Å². The highest BCUT2D eigenvalue weighted by Gasteiger charge is 2.38. The predicted octanol–water partition coefficient (Wildman–Crippen LogP) is 3.52. The van der Waals surface area contributed by atoms with Gasteiger partial charge in [-0.15, -0.1) is 0 Å². The average Bonchev–Trinajstić information content (AvgIpc) is 3.05. The zero-order valence-corrected chi connectivity index (χ0v) is 35.3. The van der Waals surface area contributed by atoms with Gasteiger partial charge in [0.15, 0.2) is 17.4 Å². The van der Waals surface area contributed by atoms with E-state index in [1.54, 1.807) is 0 Å². The van der Waals surface area contributed by atoms with Crippen LogP contribution in [0.15, 0.2) is 0 Å². The predicted molar refractivity (Wildman–Crippen MR) is 199 cm³/mol. The first kappa shape index (κ1) is 50.1. The molecule has 1 atom stereocenters. The lowest BCUT2D eigenvalue weighted by molar-refractivity contribution is -0.0278. The molecule has 14 nitrogen and oxygen atoms in total. The highest BCUT2D eigenvalue weighted by Crippen LogP contribution is 2.25. The summed E-state index contributed by atoms with van der Waals surface area (Å²) in [5.74, 6) is 0. The van der Waals surface area contributed by atoms with Gasteiger partial charge in [0, 0.05) is 6.61 Å². The fourth-order valence-corrected chi connectivity index (χ4v) is 16.5. The molecule has 0 aliphatic heterocycles. The normalized spacial score (nSPS) is 13.4. The first-order valence-electron chi connectivity index (χ1n) is 18.4. The van der Waals surface area contributed by atoms with Gasteiger partial charge in [0.2, 0.25) is 0 Å². The van der Waals surface area contributed by atoms with Gasteiger partial charge in [-0.1, -0.05) is 13.3 Å². The second-order valence-corrected chi connectivity index (χ2v) is 22.6. The summed E-state index contributed by atoms with van der Waals surface area (Å²) in [4.78, 5) is 0. The number of ether oxygens (including phenoxy) is 11. The minimum atomic E-state index is -2.17. The topological polar surface area (TPSA) is 140 Å². The summed E-state index contributed by atoms with van der Waals surface area (Å²) in [5, 5.41) is 8.59. The SMILES string of the molecule is CCC[Si](C)(C)O[Si](C)(CCCOCCOCCOCCOCCOCCOCCOCCOCCOCCOCCOCCO)O[Si](C)C. The second kappa shape index (κ2) is 37.4. The Kier molecular flexibility index (Phi) is 37.5. The third kappa shape index (κ3) is 37.8. The molecule has 0 aromatic heterocycles. The fourth-order valence-electron chi connectivity index (χ4n) is 4.65. The molecule has 0 spiro atoms. The van der Waals surface area contributed by atoms with E-state index in [0.29, 0.717) is 145 Å². The van der Waals surface area contributed by atoms with Crippen LogP contribution in [0.1, 0.15) is 19.8 Å². The van der Waals surface area contributed by atoms with Gasteiger partial charge in [-0.2, -0.15) is 0 Å². The number of rotatable bonds is 42. The van der Waals surface area contributed by atoms with Crippen molar-refractivity contribution in [3.8, 4) is 0 Å². The molecule has 0 saturated heterocycles. The number of aliphatic hydroxyl groups excluding tert-OH is 1. The van der Waals surface area contributed by atoms with Gasteiger partial charge in [-0.25, -0.2) is 0 Å². The average molecular weight is 778 g/mol. The van der Waals surface area contributed by atoms with Crippen molar-refractivity contribution in [1.82, 2.24) is 0 Å². The molecule has 0 amide bonds. The second-order valence-electron chi connectivity index (χ2n) is 12.3. The van der Waals surface area contributed by atoms with Crippen molar-refractivity contribution in [2.45, 2.75) is 64.6 Å². The molecule has 1 N–H and O–H groups in total. The lowest BCUT2D eigenvalue weighted by Crippen LogP contribution is -2.50. The van der Waals surface area contributed by atoms with Gasteiger partial charge in [0.05, 0.1) is 145 Å². The van der Waals surface area contributed by atoms with Crippen molar-refractivity contribution >= 4 is 25.9 Å². The summed E-state index contributed by atoms with van der Waals surface area (Å²) in [6, 6.07) is 2.14. The highest BCUT2D eigenvalue weighted by molar-refractivity contribution is 6.85. The zero-order chi connectivity index (χ0) is 36.9. The summed E-state index contributed by atoms with van der Waals surface area (Å²) in [6.45, 7) is 24.8. The van der Waals surface area contributed by atoms with Gasteiger partial charge in [-0.05, 0) is 51.2 Å². The largest absolute Gasteiger partial charge is 0.436 e. The van der Waals surface area contributed by atoms with Gasteiger partial charge in [-0.3, -0.25) is 0 Å². The van der Waals surface area contributed by atoms with E-state index < -0.39 is 25.9 Å². The third-order valence-corrected chi connectivity index (χ3v) is 16.9. The molecule has 0 bridgehead atoms. The molecule has 0 rings (SSSR count). The quantitative estimate of drug-likeness (QED) is 0.0714. The van der Waals surface area contributed by atoms with Crippen LogP contribution in [0.5, 0.6) is 0 Å². The van der Waals surface area contributed by atoms with Crippen LogP contribution in [0.3, 0.4) is 0 Å². The van der Waals surface area contributed by atoms with E-state index in [0.717, 1.165) is 18.9 Å². The lowest BCUT2D eigenvalue weighted by atomic mass is 10.5. The maximum atomic E-state index is 8.59. The zero-order valence-electron chi connectivity index (χ0n) is 32.3. The summed E-state index contributed by atoms with van der Waals surface area (Å²) >= 11 is 0. The van der Waals surface area contributed by atoms with Crippen LogP contribution in [0.4, 0.5) is 0 Å². The Balaban J connectivity index is 3.32. The first-order chi connectivity index (χ1) is 24.2. The van der Waals surface area contributed by atoms with Gasteiger partial charge in [0.1, 0.15) is 0 Å². The van der Waals surface area contributed by atoms with Crippen molar-refractivity contribution < 1.29 is 65.4 Å². The number of aliphatic hydroxyl groups is 1. The molecule has 0 aromatic rings. The molecule has 50 heavy (non-hydrogen) atoms. The smallest absolute Gasteiger partial charge is 0.314 e. The molecule has 17 heteroatoms. The maximum absolute atomic E-state index is 8.59. The Morgan fingerprint density at radius 1 is 0.420 bits per heavy atom. The minimum Gasteiger partial charge on any atom is -0.436 e. The van der Waals surface area contributed by atoms with E-state index in [-0.39, 0.29) is 6.61 Å². The molecular weight excluding hydrogens is 705 g/mol. The Morgan fingerprint density at radius 2 is 0.700 bits per heavy atom. The van der Waals surface area contributed by atoms with E-state index in [2.05, 4.69) is 39.7 Å². The number of hydrogen-bond acceptors (Lipinski definition) is 14. The maximum Gasteiger partial charge on any atom is 0.314 e. The summed E-state index contributed by atoms with van der Waals surface area (Å²) in [5.41, 5.74) is 0. The van der Waals surface area contributed by atoms with Crippen LogP contribution in [0.2, 0.25) is 44.8 Å². The molecule has 0 aromatic carbocycles. The van der Waals surface area contributed by atoms with E-state index in [9.17, 15) is 0 Å². The Bertz CT molecular complexity index is 688. The van der Waals surface area contributed by atoms with Gasteiger partial charge in [0.25, 0.3) is 0 Å². The Hall–Kier alpha value is 0.0906. The van der Waals surface area contributed by atoms with Crippen LogP contribution >= 0.6 is 0 Å². The summed E-state index contributed by atoms with van der Waals surface area (Å²) in [7, 11) is -4.66. The van der Waals surface area contributed by atoms with Crippen molar-refractivity contribution in [3.63, 3.8) is 0 Å². The molecule has 301 valence electrons. The molecule has 1 radical (unpaired) electrons. The van der Waals surface area contributed by atoms with Crippen LogP contribution < -0.4 is 0 Å². The van der Waals surface area contributed by atoms with Crippen LogP contribution in [-0.4, -0.2) is 183 Å². The van der Waals surface area contributed by atoms with E-state index >= 15 is 0 Å². The molecule has 0 aliphatic carbocycles. The first-order valence-corrected chi connectivity index (χ1v) is 26.4. The minimum absolute atomic E-state index is 0.0256. The molecular formula is C33H73O14Si3. The molecule has 0 aliphatic rings. The van der Waals surface area contributed by atoms with Crippen molar-refractivity contribution in [3.05, 3.63) is 0 Å². The van der Waals surface area contributed by atoms with E-state index in [1.165, 1.54) is 6.04 Å².